The van der Waals surface area contributed by atoms with Crippen LogP contribution < -0.4 is 15.8 Å². The Hall–Kier alpha value is -1.75. The molecule has 0 aliphatic carbocycles. The number of hydrogen-bond donors (Lipinski definition) is 2. The molecule has 0 spiro atoms. The van der Waals surface area contributed by atoms with Gasteiger partial charge in [-0.15, -0.1) is 0 Å². The van der Waals surface area contributed by atoms with Gasteiger partial charge in [0.15, 0.2) is 0 Å². The topological polar surface area (TPSA) is 73.6 Å². The van der Waals surface area contributed by atoms with E-state index in [4.69, 9.17) is 15.2 Å². The Balaban J connectivity index is 3.00. The molecule has 0 saturated heterocycles. The lowest BCUT2D eigenvalue weighted by atomic mass is 9.95. The molecule has 0 unspecified atom stereocenters. The summed E-state index contributed by atoms with van der Waals surface area (Å²) in [6.07, 6.45) is -0.525. The van der Waals surface area contributed by atoms with E-state index in [-0.39, 0.29) is 0 Å². The molecule has 1 aromatic carbocycles. The van der Waals surface area contributed by atoms with Crippen LogP contribution in [0.5, 0.6) is 5.75 Å². The van der Waals surface area contributed by atoms with E-state index in [0.717, 1.165) is 5.56 Å². The van der Waals surface area contributed by atoms with Gasteiger partial charge in [-0.05, 0) is 52.3 Å². The summed E-state index contributed by atoms with van der Waals surface area (Å²) in [5, 5.41) is 2.69. The Morgan fingerprint density at radius 2 is 1.80 bits per heavy atom. The summed E-state index contributed by atoms with van der Waals surface area (Å²) >= 11 is 0. The highest BCUT2D eigenvalue weighted by atomic mass is 16.6. The van der Waals surface area contributed by atoms with Crippen LogP contribution in [0, 0.1) is 0 Å². The standard InChI is InChI=1S/C15H24N2O3/c1-14(2,3)20-13(18)17-11-9-10(15(4,5)16)7-8-12(11)19-6/h7-9H,16H2,1-6H3,(H,17,18). The van der Waals surface area contributed by atoms with Gasteiger partial charge < -0.3 is 15.2 Å². The van der Waals surface area contributed by atoms with Gasteiger partial charge in [-0.25, -0.2) is 4.79 Å². The quantitative estimate of drug-likeness (QED) is 0.891. The zero-order chi connectivity index (χ0) is 15.6. The highest BCUT2D eigenvalue weighted by molar-refractivity contribution is 5.87. The lowest BCUT2D eigenvalue weighted by Gasteiger charge is -2.23. The van der Waals surface area contributed by atoms with E-state index in [9.17, 15) is 4.79 Å². The second-order valence-corrected chi connectivity index (χ2v) is 6.26. The lowest BCUT2D eigenvalue weighted by Crippen LogP contribution is -2.29. The lowest BCUT2D eigenvalue weighted by molar-refractivity contribution is 0.0635. The van der Waals surface area contributed by atoms with Crippen molar-refractivity contribution in [1.29, 1.82) is 0 Å². The summed E-state index contributed by atoms with van der Waals surface area (Å²) in [4.78, 5) is 11.8. The fraction of sp³-hybridized carbons (Fsp3) is 0.533. The Labute approximate surface area is 120 Å². The van der Waals surface area contributed by atoms with E-state index in [0.29, 0.717) is 11.4 Å². The second-order valence-electron chi connectivity index (χ2n) is 6.26. The van der Waals surface area contributed by atoms with Gasteiger partial charge in [0.05, 0.1) is 12.8 Å². The van der Waals surface area contributed by atoms with Gasteiger partial charge in [-0.1, -0.05) is 6.07 Å². The van der Waals surface area contributed by atoms with E-state index < -0.39 is 17.2 Å². The number of amides is 1. The molecule has 5 heteroatoms. The molecule has 0 saturated carbocycles. The Kier molecular flexibility index (Phi) is 4.65. The van der Waals surface area contributed by atoms with Crippen LogP contribution in [0.4, 0.5) is 10.5 Å². The molecular weight excluding hydrogens is 256 g/mol. The average molecular weight is 280 g/mol. The molecule has 0 heterocycles. The number of nitrogens with one attached hydrogen (secondary N) is 1. The predicted octanol–water partition coefficient (Wildman–Crippen LogP) is 3.24. The van der Waals surface area contributed by atoms with E-state index in [1.165, 1.54) is 0 Å². The minimum Gasteiger partial charge on any atom is -0.495 e. The van der Waals surface area contributed by atoms with Gasteiger partial charge in [0.1, 0.15) is 11.4 Å². The molecule has 0 aliphatic rings. The molecule has 0 radical (unpaired) electrons. The van der Waals surface area contributed by atoms with Crippen molar-refractivity contribution in [1.82, 2.24) is 0 Å². The Bertz CT molecular complexity index is 485. The van der Waals surface area contributed by atoms with Gasteiger partial charge in [0, 0.05) is 5.54 Å². The minimum atomic E-state index is -0.554. The summed E-state index contributed by atoms with van der Waals surface area (Å²) in [6.45, 7) is 9.22. The van der Waals surface area contributed by atoms with Crippen molar-refractivity contribution in [3.8, 4) is 5.75 Å². The van der Waals surface area contributed by atoms with Crippen molar-refractivity contribution in [2.24, 2.45) is 5.73 Å². The van der Waals surface area contributed by atoms with Crippen molar-refractivity contribution >= 4 is 11.8 Å². The smallest absolute Gasteiger partial charge is 0.412 e. The first-order valence-corrected chi connectivity index (χ1v) is 6.50. The molecule has 112 valence electrons. The number of ether oxygens (including phenoxy) is 2. The largest absolute Gasteiger partial charge is 0.495 e. The summed E-state index contributed by atoms with van der Waals surface area (Å²) < 4.78 is 10.5. The van der Waals surface area contributed by atoms with Crippen molar-refractivity contribution < 1.29 is 14.3 Å². The first-order chi connectivity index (χ1) is 9.03. The van der Waals surface area contributed by atoms with Crippen LogP contribution in [-0.4, -0.2) is 18.8 Å². The van der Waals surface area contributed by atoms with Crippen LogP contribution >= 0.6 is 0 Å². The number of carbonyl (C=O) groups is 1. The highest BCUT2D eigenvalue weighted by Crippen LogP contribution is 2.29. The highest BCUT2D eigenvalue weighted by Gasteiger charge is 2.20. The Morgan fingerprint density at radius 1 is 1.20 bits per heavy atom. The molecule has 3 N–H and O–H groups in total. The minimum absolute atomic E-state index is 0.503. The van der Waals surface area contributed by atoms with Crippen molar-refractivity contribution in [2.75, 3.05) is 12.4 Å². The van der Waals surface area contributed by atoms with Crippen LogP contribution in [-0.2, 0) is 10.3 Å². The normalized spacial score (nSPS) is 11.9. The first kappa shape index (κ1) is 16.3. The van der Waals surface area contributed by atoms with Crippen molar-refractivity contribution in [3.05, 3.63) is 23.8 Å². The molecule has 1 amide bonds. The van der Waals surface area contributed by atoms with E-state index in [2.05, 4.69) is 5.32 Å². The Morgan fingerprint density at radius 3 is 2.25 bits per heavy atom. The molecule has 0 fully saturated rings. The summed E-state index contributed by atoms with van der Waals surface area (Å²) in [5.74, 6) is 0.559. The SMILES string of the molecule is COc1ccc(C(C)(C)N)cc1NC(=O)OC(C)(C)C. The average Bonchev–Trinajstić information content (AvgIpc) is 2.24. The first-order valence-electron chi connectivity index (χ1n) is 6.50. The molecule has 1 rings (SSSR count). The van der Waals surface area contributed by atoms with Crippen molar-refractivity contribution in [3.63, 3.8) is 0 Å². The number of nitrogens with two attached hydrogens (primary N) is 1. The fourth-order valence-electron chi connectivity index (χ4n) is 1.62. The molecule has 0 aliphatic heterocycles. The summed E-state index contributed by atoms with van der Waals surface area (Å²) in [7, 11) is 1.54. The molecule has 0 atom stereocenters. The summed E-state index contributed by atoms with van der Waals surface area (Å²) in [5.41, 5.74) is 6.44. The van der Waals surface area contributed by atoms with E-state index in [1.54, 1.807) is 19.2 Å². The molecule has 5 nitrogen and oxygen atoms in total. The van der Waals surface area contributed by atoms with Gasteiger partial charge in [0.2, 0.25) is 0 Å². The maximum absolute atomic E-state index is 11.8. The van der Waals surface area contributed by atoms with Crippen LogP contribution in [0.2, 0.25) is 0 Å². The summed E-state index contributed by atoms with van der Waals surface area (Å²) in [6, 6.07) is 5.44. The maximum atomic E-state index is 11.8. The fourth-order valence-corrected chi connectivity index (χ4v) is 1.62. The van der Waals surface area contributed by atoms with Gasteiger partial charge in [-0.2, -0.15) is 0 Å². The number of hydrogen-bond acceptors (Lipinski definition) is 4. The molecule has 1 aromatic rings. The molecule has 20 heavy (non-hydrogen) atoms. The number of benzene rings is 1. The maximum Gasteiger partial charge on any atom is 0.412 e. The van der Waals surface area contributed by atoms with Gasteiger partial charge in [0.25, 0.3) is 0 Å². The molecular formula is C15H24N2O3. The third-order valence-corrected chi connectivity index (χ3v) is 2.58. The molecule has 0 bridgehead atoms. The predicted molar refractivity (Wildman–Crippen MR) is 80.1 cm³/mol. The zero-order valence-corrected chi connectivity index (χ0v) is 13.0. The van der Waals surface area contributed by atoms with Crippen LogP contribution in [0.25, 0.3) is 0 Å². The van der Waals surface area contributed by atoms with Gasteiger partial charge >= 0.3 is 6.09 Å². The second kappa shape index (κ2) is 5.71. The molecule has 0 aromatic heterocycles. The van der Waals surface area contributed by atoms with Gasteiger partial charge in [-0.3, -0.25) is 5.32 Å². The van der Waals surface area contributed by atoms with Crippen LogP contribution in [0.3, 0.4) is 0 Å². The number of anilines is 1. The van der Waals surface area contributed by atoms with Crippen LogP contribution in [0.1, 0.15) is 40.2 Å². The van der Waals surface area contributed by atoms with E-state index in [1.807, 2.05) is 40.7 Å². The number of carbonyl (C=O) groups excluding carboxylic acids is 1. The zero-order valence-electron chi connectivity index (χ0n) is 13.0. The van der Waals surface area contributed by atoms with E-state index >= 15 is 0 Å². The third kappa shape index (κ3) is 4.74. The number of methoxy groups -OCH3 is 1. The van der Waals surface area contributed by atoms with Crippen molar-refractivity contribution in [2.45, 2.75) is 45.8 Å². The monoisotopic (exact) mass is 280 g/mol. The number of rotatable bonds is 3. The third-order valence-electron chi connectivity index (χ3n) is 2.58. The van der Waals surface area contributed by atoms with Crippen LogP contribution in [0.15, 0.2) is 18.2 Å².